The second kappa shape index (κ2) is 16.0. The van der Waals surface area contributed by atoms with E-state index < -0.39 is 22.7 Å². The van der Waals surface area contributed by atoms with Crippen LogP contribution in [0.1, 0.15) is 79.7 Å². The van der Waals surface area contributed by atoms with Gasteiger partial charge in [0, 0.05) is 103 Å². The van der Waals surface area contributed by atoms with Crippen LogP contribution in [0.5, 0.6) is 5.75 Å². The Hall–Kier alpha value is -6.00. The van der Waals surface area contributed by atoms with Crippen LogP contribution in [0.2, 0.25) is 0 Å². The summed E-state index contributed by atoms with van der Waals surface area (Å²) in [5, 5.41) is 6.79. The molecule has 0 spiro atoms. The van der Waals surface area contributed by atoms with Gasteiger partial charge in [0.25, 0.3) is 11.8 Å². The first-order valence-electron chi connectivity index (χ1n) is 21.9. The predicted octanol–water partition coefficient (Wildman–Crippen LogP) is 7.32. The van der Waals surface area contributed by atoms with Crippen LogP contribution in [-0.2, 0) is 11.3 Å². The third-order valence-corrected chi connectivity index (χ3v) is 14.2. The highest BCUT2D eigenvalue weighted by molar-refractivity contribution is 6.02. The van der Waals surface area contributed by atoms with Gasteiger partial charge in [0.15, 0.2) is 0 Å². The molecule has 12 nitrogen and oxygen atoms in total. The Morgan fingerprint density at radius 3 is 2.44 bits per heavy atom. The van der Waals surface area contributed by atoms with Gasteiger partial charge >= 0.3 is 0 Å². The number of anilines is 2. The Balaban J connectivity index is 0.748. The molecule has 4 aromatic rings. The zero-order valence-corrected chi connectivity index (χ0v) is 36.0. The smallest absolute Gasteiger partial charge is 0.255 e. The number of nitrogens with one attached hydrogen (secondary N) is 2. The molecule has 9 rings (SSSR count). The largest absolute Gasteiger partial charge is 0.489 e. The fourth-order valence-corrected chi connectivity index (χ4v) is 11.1. The molecule has 1 atom stereocenters. The lowest BCUT2D eigenvalue weighted by Gasteiger charge is -2.63. The van der Waals surface area contributed by atoms with Gasteiger partial charge in [0.2, 0.25) is 11.6 Å². The first kappa shape index (κ1) is 41.4. The van der Waals surface area contributed by atoms with Crippen molar-refractivity contribution >= 4 is 45.7 Å². The van der Waals surface area contributed by atoms with Crippen LogP contribution >= 0.6 is 0 Å². The first-order chi connectivity index (χ1) is 29.7. The van der Waals surface area contributed by atoms with Gasteiger partial charge in [-0.1, -0.05) is 40.3 Å². The standard InChI is InChI=1S/C49H55FN8O4/c1-30-9-14-40(44(60)53-30)58-29-33-26-34(11-12-35(33)45(58)61)56-24-22-55(23-25-56)28-31-17-20-57(21-18-31)39-15-10-32(27-37(39)50)43(59)54-46-48(2,3)47(49(46,4)5)62-41-16-13-38(51-6)42-36(41)8-7-19-52-42/h7-8,10-13,15-16,19,26-27,31,40,46-47H,1,9,14,17-18,20-25,28-29H2,2-5H3,(H,53,60)(H,54,59)/t40-,46?,47?/m0/s1. The average molecular weight is 839 g/mol. The second-order valence-electron chi connectivity index (χ2n) is 18.9. The third-order valence-electron chi connectivity index (χ3n) is 14.2. The monoisotopic (exact) mass is 838 g/mol. The number of pyridine rings is 1. The highest BCUT2D eigenvalue weighted by Crippen LogP contribution is 2.56. The number of hydrogen-bond acceptors (Lipinski definition) is 8. The van der Waals surface area contributed by atoms with Crippen LogP contribution in [0.3, 0.4) is 0 Å². The van der Waals surface area contributed by atoms with Crippen molar-refractivity contribution in [3.63, 3.8) is 0 Å². The van der Waals surface area contributed by atoms with Gasteiger partial charge in [-0.15, -0.1) is 0 Å². The Morgan fingerprint density at radius 1 is 0.968 bits per heavy atom. The maximum atomic E-state index is 15.8. The number of aromatic nitrogens is 1. The van der Waals surface area contributed by atoms with E-state index in [1.807, 2.05) is 30.3 Å². The zero-order valence-electron chi connectivity index (χ0n) is 36.0. The predicted molar refractivity (Wildman–Crippen MR) is 238 cm³/mol. The highest BCUT2D eigenvalue weighted by Gasteiger charge is 2.64. The number of benzene rings is 3. The molecule has 0 bridgehead atoms. The molecule has 2 N–H and O–H groups in total. The van der Waals surface area contributed by atoms with Crippen LogP contribution in [0, 0.1) is 29.1 Å². The number of amides is 3. The minimum absolute atomic E-state index is 0.0771. The summed E-state index contributed by atoms with van der Waals surface area (Å²) in [4.78, 5) is 56.2. The molecule has 5 heterocycles. The van der Waals surface area contributed by atoms with Gasteiger partial charge in [-0.05, 0) is 91.8 Å². The number of piperidine rings is 2. The molecule has 4 fully saturated rings. The second-order valence-corrected chi connectivity index (χ2v) is 18.9. The number of ether oxygens (including phenoxy) is 1. The molecule has 3 amide bonds. The Kier molecular flexibility index (Phi) is 10.7. The zero-order chi connectivity index (χ0) is 43.5. The Morgan fingerprint density at radius 2 is 1.73 bits per heavy atom. The summed E-state index contributed by atoms with van der Waals surface area (Å²) in [6.07, 6.45) is 4.64. The van der Waals surface area contributed by atoms with Crippen molar-refractivity contribution in [2.75, 3.05) is 55.6 Å². The minimum atomic E-state index is -0.462. The SMILES string of the molecule is [C-]#[N+]c1ccc(OC2C(C)(C)C(NC(=O)c3ccc(N4CCC(CN5CCN(c6ccc7c(c6)CN([C@H]6CCC(=C)NC6=O)C7=O)CC5)CC4)c(F)c3)C2(C)C)c2cccnc12. The normalized spacial score (nSPS) is 23.7. The molecule has 5 aliphatic rings. The lowest BCUT2D eigenvalue weighted by atomic mass is 9.49. The lowest BCUT2D eigenvalue weighted by molar-refractivity contribution is -0.163. The van der Waals surface area contributed by atoms with Crippen molar-refractivity contribution in [3.05, 3.63) is 113 Å². The van der Waals surface area contributed by atoms with Crippen LogP contribution in [0.25, 0.3) is 15.7 Å². The minimum Gasteiger partial charge on any atom is -0.489 e. The van der Waals surface area contributed by atoms with Crippen molar-refractivity contribution in [1.82, 2.24) is 25.4 Å². The molecule has 13 heteroatoms. The summed E-state index contributed by atoms with van der Waals surface area (Å²) in [5.74, 6) is 0.240. The van der Waals surface area contributed by atoms with E-state index >= 15 is 4.39 Å². The fourth-order valence-electron chi connectivity index (χ4n) is 11.1. The Labute approximate surface area is 362 Å². The van der Waals surface area contributed by atoms with E-state index in [0.29, 0.717) is 64.8 Å². The number of carbonyl (C=O) groups excluding carboxylic acids is 3. The summed E-state index contributed by atoms with van der Waals surface area (Å²) in [7, 11) is 0. The number of carbonyl (C=O) groups is 3. The molecule has 1 aliphatic carbocycles. The molecule has 1 saturated carbocycles. The summed E-state index contributed by atoms with van der Waals surface area (Å²) in [5.41, 5.74) is 4.50. The van der Waals surface area contributed by atoms with Crippen LogP contribution in [0.15, 0.2) is 79.1 Å². The van der Waals surface area contributed by atoms with Crippen molar-refractivity contribution < 1.29 is 23.5 Å². The van der Waals surface area contributed by atoms with Gasteiger partial charge in [0.1, 0.15) is 23.7 Å². The molecule has 4 aliphatic heterocycles. The average Bonchev–Trinajstić information content (AvgIpc) is 3.59. The van der Waals surface area contributed by atoms with Crippen molar-refractivity contribution in [1.29, 1.82) is 0 Å². The van der Waals surface area contributed by atoms with Gasteiger partial charge < -0.3 is 30.1 Å². The summed E-state index contributed by atoms with van der Waals surface area (Å²) < 4.78 is 22.4. The number of piperazine rings is 1. The van der Waals surface area contributed by atoms with Crippen LogP contribution in [-0.4, -0.2) is 96.5 Å². The maximum Gasteiger partial charge on any atom is 0.255 e. The number of hydrogen-bond donors (Lipinski definition) is 2. The van der Waals surface area contributed by atoms with E-state index in [1.165, 1.54) is 6.07 Å². The molecule has 3 aromatic carbocycles. The maximum absolute atomic E-state index is 15.8. The molecule has 322 valence electrons. The summed E-state index contributed by atoms with van der Waals surface area (Å²) >= 11 is 0. The number of nitrogens with zero attached hydrogens (tertiary/aromatic N) is 6. The van der Waals surface area contributed by atoms with Gasteiger partial charge in [-0.2, -0.15) is 0 Å². The highest BCUT2D eigenvalue weighted by atomic mass is 19.1. The molecule has 0 radical (unpaired) electrons. The lowest BCUT2D eigenvalue weighted by Crippen LogP contribution is -2.74. The van der Waals surface area contributed by atoms with E-state index in [4.69, 9.17) is 11.3 Å². The van der Waals surface area contributed by atoms with E-state index in [2.05, 4.69) is 75.5 Å². The van der Waals surface area contributed by atoms with Crippen molar-refractivity contribution in [2.45, 2.75) is 78.1 Å². The number of halogens is 1. The van der Waals surface area contributed by atoms with Crippen molar-refractivity contribution in [2.24, 2.45) is 16.7 Å². The van der Waals surface area contributed by atoms with Crippen LogP contribution in [0.4, 0.5) is 21.5 Å². The molecule has 62 heavy (non-hydrogen) atoms. The van der Waals surface area contributed by atoms with Crippen molar-refractivity contribution in [3.8, 4) is 5.75 Å². The van der Waals surface area contributed by atoms with Gasteiger partial charge in [-0.25, -0.2) is 9.24 Å². The molecule has 0 unspecified atom stereocenters. The van der Waals surface area contributed by atoms with Crippen LogP contribution < -0.4 is 25.2 Å². The van der Waals surface area contributed by atoms with E-state index in [0.717, 1.165) is 75.3 Å². The molecular formula is C49H55FN8O4. The van der Waals surface area contributed by atoms with E-state index in [9.17, 15) is 14.4 Å². The number of rotatable bonds is 9. The van der Waals surface area contributed by atoms with E-state index in [-0.39, 0.29) is 29.9 Å². The summed E-state index contributed by atoms with van der Waals surface area (Å²) in [6.45, 7) is 26.3. The molecule has 1 aromatic heterocycles. The quantitative estimate of drug-likeness (QED) is 0.169. The number of fused-ring (bicyclic) bond motifs is 2. The molecular weight excluding hydrogens is 784 g/mol. The number of allylic oxidation sites excluding steroid dienone is 1. The Bertz CT molecular complexity index is 2480. The van der Waals surface area contributed by atoms with E-state index in [1.54, 1.807) is 29.3 Å². The fraction of sp³-hybridized carbons (Fsp3) is 0.449. The third kappa shape index (κ3) is 7.42. The van der Waals surface area contributed by atoms with Gasteiger partial charge in [-0.3, -0.25) is 24.3 Å². The first-order valence-corrected chi connectivity index (χ1v) is 21.9. The summed E-state index contributed by atoms with van der Waals surface area (Å²) in [6, 6.07) is 17.5. The topological polar surface area (TPSA) is 115 Å². The van der Waals surface area contributed by atoms with Gasteiger partial charge in [0.05, 0.1) is 17.8 Å². The molecule has 3 saturated heterocycles.